The molecule has 0 amide bonds. The van der Waals surface area contributed by atoms with Gasteiger partial charge in [-0.3, -0.25) is 15.0 Å². The number of aromatic hydroxyl groups is 2. The average Bonchev–Trinajstić information content (AvgIpc) is 2.79. The molecule has 4 rings (SSSR count). The number of phenols is 2. The third-order valence-corrected chi connectivity index (χ3v) is 6.10. The molecule has 0 saturated heterocycles. The number of hydrogen-bond donors (Lipinski definition) is 3. The molecule has 9 heteroatoms. The van der Waals surface area contributed by atoms with Crippen LogP contribution < -0.4 is 4.18 Å². The second-order valence-electron chi connectivity index (χ2n) is 6.84. The Bertz CT molecular complexity index is 1420. The van der Waals surface area contributed by atoms with E-state index in [1.807, 2.05) is 0 Å². The van der Waals surface area contributed by atoms with E-state index in [4.69, 9.17) is 9.59 Å². The number of hydrogen-bond acceptors (Lipinski definition) is 8. The summed E-state index contributed by atoms with van der Waals surface area (Å²) in [6.07, 6.45) is 0.865. The van der Waals surface area contributed by atoms with Crippen LogP contribution in [-0.4, -0.2) is 35.9 Å². The third-order valence-electron chi connectivity index (χ3n) is 4.82. The number of phenolic OH excluding ortho intramolecular Hbond substituents is 2. The van der Waals surface area contributed by atoms with Gasteiger partial charge >= 0.3 is 10.1 Å². The number of nitrogens with one attached hydrogen (secondary N) is 1. The second-order valence-corrected chi connectivity index (χ2v) is 8.35. The lowest BCUT2D eigenvalue weighted by Crippen LogP contribution is -2.23. The molecule has 0 radical (unpaired) electrons. The first-order valence-electron chi connectivity index (χ1n) is 9.24. The van der Waals surface area contributed by atoms with Crippen molar-refractivity contribution in [3.63, 3.8) is 0 Å². The normalized spacial score (nSPS) is 13.3. The number of ketones is 2. The SMILES string of the molecule is N=C1C=C(S(=O)(=O)Oc2ccc(C(=O)c3ccccc3)c(O)c2O)c2ccccc2C1=O. The summed E-state index contributed by atoms with van der Waals surface area (Å²) in [7, 11) is -4.62. The Hall–Kier alpha value is -4.24. The number of carbonyl (C=O) groups is 2. The highest BCUT2D eigenvalue weighted by Crippen LogP contribution is 2.41. The largest absolute Gasteiger partial charge is 0.504 e. The standard InChI is InChI=1S/C23H15NO7S/c24-17-12-19(14-8-4-5-9-15(14)21(17)26)32(29,30)31-18-11-10-16(22(27)23(18)28)20(25)13-6-2-1-3-7-13/h1-12,24,27-28H. The summed E-state index contributed by atoms with van der Waals surface area (Å²) < 4.78 is 30.8. The van der Waals surface area contributed by atoms with Gasteiger partial charge in [0.05, 0.1) is 5.56 Å². The number of fused-ring (bicyclic) bond motifs is 1. The molecule has 0 aromatic heterocycles. The number of benzene rings is 3. The molecule has 3 aromatic rings. The molecule has 32 heavy (non-hydrogen) atoms. The molecule has 3 N–H and O–H groups in total. The van der Waals surface area contributed by atoms with Crippen molar-refractivity contribution in [2.24, 2.45) is 0 Å². The maximum atomic E-state index is 12.9. The molecule has 160 valence electrons. The first-order valence-corrected chi connectivity index (χ1v) is 10.6. The molecule has 3 aromatic carbocycles. The Morgan fingerprint density at radius 1 is 0.844 bits per heavy atom. The summed E-state index contributed by atoms with van der Waals surface area (Å²) in [6, 6.07) is 16.0. The summed E-state index contributed by atoms with van der Waals surface area (Å²) >= 11 is 0. The van der Waals surface area contributed by atoms with Crippen LogP contribution in [0, 0.1) is 5.41 Å². The summed E-state index contributed by atoms with van der Waals surface area (Å²) in [6.45, 7) is 0. The molecule has 0 atom stereocenters. The van der Waals surface area contributed by atoms with Crippen molar-refractivity contribution >= 4 is 32.3 Å². The van der Waals surface area contributed by atoms with Gasteiger partial charge in [-0.05, 0) is 18.2 Å². The number of rotatable bonds is 5. The molecule has 0 fully saturated rings. The first kappa shape index (κ1) is 21.0. The third kappa shape index (κ3) is 3.54. The van der Waals surface area contributed by atoms with E-state index in [1.54, 1.807) is 18.2 Å². The van der Waals surface area contributed by atoms with E-state index < -0.39 is 49.5 Å². The minimum absolute atomic E-state index is 0.0260. The zero-order valence-corrected chi connectivity index (χ0v) is 17.1. The fourth-order valence-corrected chi connectivity index (χ4v) is 4.41. The number of carbonyl (C=O) groups excluding carboxylic acids is 2. The average molecular weight is 449 g/mol. The van der Waals surface area contributed by atoms with Crippen LogP contribution in [0.2, 0.25) is 0 Å². The van der Waals surface area contributed by atoms with Crippen LogP contribution in [0.5, 0.6) is 17.2 Å². The molecule has 0 aliphatic heterocycles. The van der Waals surface area contributed by atoms with Crippen LogP contribution >= 0.6 is 0 Å². The van der Waals surface area contributed by atoms with Gasteiger partial charge in [0.1, 0.15) is 10.6 Å². The Morgan fingerprint density at radius 3 is 2.16 bits per heavy atom. The highest BCUT2D eigenvalue weighted by Gasteiger charge is 2.33. The van der Waals surface area contributed by atoms with Crippen molar-refractivity contribution in [1.29, 1.82) is 5.41 Å². The van der Waals surface area contributed by atoms with Crippen molar-refractivity contribution in [3.05, 3.63) is 95.1 Å². The smallest absolute Gasteiger partial charge is 0.340 e. The van der Waals surface area contributed by atoms with E-state index >= 15 is 0 Å². The lowest BCUT2D eigenvalue weighted by atomic mass is 9.95. The van der Waals surface area contributed by atoms with Gasteiger partial charge in [-0.2, -0.15) is 8.42 Å². The minimum Gasteiger partial charge on any atom is -0.504 e. The van der Waals surface area contributed by atoms with Gasteiger partial charge < -0.3 is 14.4 Å². The van der Waals surface area contributed by atoms with Crippen molar-refractivity contribution in [2.75, 3.05) is 0 Å². The lowest BCUT2D eigenvalue weighted by molar-refractivity contribution is 0.103. The topological polar surface area (TPSA) is 142 Å². The highest BCUT2D eigenvalue weighted by atomic mass is 32.2. The summed E-state index contributed by atoms with van der Waals surface area (Å²) in [5.74, 6) is -3.61. The van der Waals surface area contributed by atoms with Crippen LogP contribution in [0.4, 0.5) is 0 Å². The van der Waals surface area contributed by atoms with Crippen molar-refractivity contribution < 1.29 is 32.4 Å². The van der Waals surface area contributed by atoms with Gasteiger partial charge in [-0.25, -0.2) is 0 Å². The molecule has 0 spiro atoms. The van der Waals surface area contributed by atoms with E-state index in [9.17, 15) is 28.2 Å². The molecule has 0 bridgehead atoms. The van der Waals surface area contributed by atoms with Gasteiger partial charge in [0.15, 0.2) is 17.3 Å². The molecular weight excluding hydrogens is 434 g/mol. The van der Waals surface area contributed by atoms with Crippen molar-refractivity contribution in [1.82, 2.24) is 0 Å². The quantitative estimate of drug-likeness (QED) is 0.308. The summed E-state index contributed by atoms with van der Waals surface area (Å²) in [5, 5.41) is 28.4. The van der Waals surface area contributed by atoms with E-state index in [-0.39, 0.29) is 22.3 Å². The summed E-state index contributed by atoms with van der Waals surface area (Å²) in [4.78, 5) is 24.3. The zero-order valence-electron chi connectivity index (χ0n) is 16.3. The number of allylic oxidation sites excluding steroid dienone is 1. The van der Waals surface area contributed by atoms with Crippen LogP contribution in [0.1, 0.15) is 31.8 Å². The highest BCUT2D eigenvalue weighted by molar-refractivity contribution is 7.96. The molecule has 0 unspecified atom stereocenters. The molecule has 1 aliphatic carbocycles. The Morgan fingerprint density at radius 2 is 1.47 bits per heavy atom. The summed E-state index contributed by atoms with van der Waals surface area (Å²) in [5.41, 5.74) is -0.448. The van der Waals surface area contributed by atoms with Gasteiger partial charge in [0.2, 0.25) is 11.5 Å². The molecule has 0 saturated carbocycles. The van der Waals surface area contributed by atoms with Gasteiger partial charge in [-0.1, -0.05) is 54.6 Å². The fraction of sp³-hybridized carbons (Fsp3) is 0. The molecule has 8 nitrogen and oxygen atoms in total. The molecule has 0 heterocycles. The Balaban J connectivity index is 1.71. The Labute approximate surface area is 182 Å². The maximum Gasteiger partial charge on any atom is 0.340 e. The molecular formula is C23H15NO7S. The lowest BCUT2D eigenvalue weighted by Gasteiger charge is -2.18. The van der Waals surface area contributed by atoms with Gasteiger partial charge in [-0.15, -0.1) is 0 Å². The predicted molar refractivity (Wildman–Crippen MR) is 116 cm³/mol. The second kappa shape index (κ2) is 7.78. The van der Waals surface area contributed by atoms with E-state index in [2.05, 4.69) is 0 Å². The van der Waals surface area contributed by atoms with Crippen LogP contribution in [0.25, 0.3) is 4.91 Å². The minimum atomic E-state index is -4.62. The van der Waals surface area contributed by atoms with E-state index in [0.717, 1.165) is 18.2 Å². The van der Waals surface area contributed by atoms with Crippen LogP contribution in [-0.2, 0) is 10.1 Å². The van der Waals surface area contributed by atoms with E-state index in [1.165, 1.54) is 36.4 Å². The van der Waals surface area contributed by atoms with Crippen LogP contribution in [0.15, 0.2) is 72.8 Å². The first-order chi connectivity index (χ1) is 15.2. The Kier molecular flexibility index (Phi) is 5.11. The number of Topliss-reactive ketones (excluding diaryl/α,β-unsaturated/α-hetero) is 1. The monoisotopic (exact) mass is 449 g/mol. The zero-order chi connectivity index (χ0) is 23.0. The van der Waals surface area contributed by atoms with Gasteiger partial charge in [0.25, 0.3) is 0 Å². The fourth-order valence-electron chi connectivity index (χ4n) is 3.24. The van der Waals surface area contributed by atoms with E-state index in [0.29, 0.717) is 0 Å². The predicted octanol–water partition coefficient (Wildman–Crippen LogP) is 3.29. The maximum absolute atomic E-state index is 12.9. The van der Waals surface area contributed by atoms with Gasteiger partial charge in [0, 0.05) is 16.7 Å². The molecule has 1 aliphatic rings. The van der Waals surface area contributed by atoms with Crippen LogP contribution in [0.3, 0.4) is 0 Å². The van der Waals surface area contributed by atoms with Crippen molar-refractivity contribution in [3.8, 4) is 17.2 Å². The van der Waals surface area contributed by atoms with Crippen molar-refractivity contribution in [2.45, 2.75) is 0 Å².